The highest BCUT2D eigenvalue weighted by Gasteiger charge is 2.29. The number of aromatic nitrogens is 2. The lowest BCUT2D eigenvalue weighted by molar-refractivity contribution is 0.490. The molecule has 0 saturated heterocycles. The Morgan fingerprint density at radius 3 is 3.00 bits per heavy atom. The molecule has 2 atom stereocenters. The van der Waals surface area contributed by atoms with Crippen molar-refractivity contribution in [2.75, 3.05) is 6.54 Å². The lowest BCUT2D eigenvalue weighted by Crippen LogP contribution is -2.40. The van der Waals surface area contributed by atoms with E-state index in [2.05, 4.69) is 53.1 Å². The summed E-state index contributed by atoms with van der Waals surface area (Å²) in [5.74, 6) is 1.16. The third kappa shape index (κ3) is 2.76. The molecule has 3 nitrogen and oxygen atoms in total. The fraction of sp³-hybridized carbons (Fsp3) is 0.438. The van der Waals surface area contributed by atoms with Crippen LogP contribution >= 0.6 is 11.8 Å². The van der Waals surface area contributed by atoms with Crippen molar-refractivity contribution < 1.29 is 0 Å². The molecule has 4 heteroatoms. The Bertz CT molecular complexity index is 554. The van der Waals surface area contributed by atoms with Crippen LogP contribution in [0.4, 0.5) is 0 Å². The zero-order chi connectivity index (χ0) is 13.9. The van der Waals surface area contributed by atoms with Crippen molar-refractivity contribution in [3.63, 3.8) is 0 Å². The highest BCUT2D eigenvalue weighted by molar-refractivity contribution is 8.00. The summed E-state index contributed by atoms with van der Waals surface area (Å²) in [4.78, 5) is 5.92. The van der Waals surface area contributed by atoms with Gasteiger partial charge in [-0.15, -0.1) is 11.8 Å². The molecule has 3 rings (SSSR count). The van der Waals surface area contributed by atoms with Gasteiger partial charge in [-0.1, -0.05) is 25.1 Å². The summed E-state index contributed by atoms with van der Waals surface area (Å²) in [6.07, 6.45) is 6.05. The number of thioether (sulfide) groups is 1. The van der Waals surface area contributed by atoms with Crippen molar-refractivity contribution in [1.29, 1.82) is 0 Å². The first-order chi connectivity index (χ1) is 9.78. The van der Waals surface area contributed by atoms with E-state index in [0.29, 0.717) is 11.3 Å². The van der Waals surface area contributed by atoms with Crippen LogP contribution in [-0.2, 0) is 19.9 Å². The van der Waals surface area contributed by atoms with Crippen LogP contribution in [-0.4, -0.2) is 27.4 Å². The Morgan fingerprint density at radius 2 is 2.30 bits per heavy atom. The number of benzene rings is 1. The van der Waals surface area contributed by atoms with Gasteiger partial charge in [-0.25, -0.2) is 4.98 Å². The predicted molar refractivity (Wildman–Crippen MR) is 84.2 cm³/mol. The summed E-state index contributed by atoms with van der Waals surface area (Å²) in [6, 6.07) is 9.24. The third-order valence-corrected chi connectivity index (χ3v) is 5.36. The minimum atomic E-state index is 0.471. The molecule has 2 heterocycles. The van der Waals surface area contributed by atoms with Crippen molar-refractivity contribution >= 4 is 11.8 Å². The Morgan fingerprint density at radius 1 is 1.45 bits per heavy atom. The summed E-state index contributed by atoms with van der Waals surface area (Å²) in [7, 11) is 2.07. The molecule has 0 amide bonds. The second-order valence-electron chi connectivity index (χ2n) is 5.29. The van der Waals surface area contributed by atoms with Crippen molar-refractivity contribution in [2.45, 2.75) is 36.0 Å². The van der Waals surface area contributed by atoms with Crippen LogP contribution in [0.1, 0.15) is 18.3 Å². The first-order valence-corrected chi connectivity index (χ1v) is 8.10. The maximum Gasteiger partial charge on any atom is 0.109 e. The fourth-order valence-corrected chi connectivity index (χ4v) is 4.23. The molecular formula is C16H21N3S. The Hall–Kier alpha value is -1.26. The molecule has 1 aliphatic heterocycles. The van der Waals surface area contributed by atoms with E-state index >= 15 is 0 Å². The molecule has 0 aliphatic carbocycles. The molecule has 2 unspecified atom stereocenters. The van der Waals surface area contributed by atoms with Gasteiger partial charge in [0, 0.05) is 42.0 Å². The molecule has 1 aromatic heterocycles. The van der Waals surface area contributed by atoms with Gasteiger partial charge < -0.3 is 9.88 Å². The normalized spacial score (nSPS) is 19.0. The smallest absolute Gasteiger partial charge is 0.109 e. The Kier molecular flexibility index (Phi) is 4.13. The maximum absolute atomic E-state index is 4.47. The molecule has 106 valence electrons. The summed E-state index contributed by atoms with van der Waals surface area (Å²) in [5, 5.41) is 4.25. The number of imidazole rings is 1. The lowest BCUT2D eigenvalue weighted by atomic mass is 10.0. The van der Waals surface area contributed by atoms with Crippen molar-refractivity contribution in [2.24, 2.45) is 7.05 Å². The van der Waals surface area contributed by atoms with Gasteiger partial charge in [0.15, 0.2) is 0 Å². The average Bonchev–Trinajstić information content (AvgIpc) is 3.04. The number of nitrogens with one attached hydrogen (secondary N) is 1. The van der Waals surface area contributed by atoms with E-state index < -0.39 is 0 Å². The standard InChI is InChI=1S/C16H21N3S/c1-3-17-13(11-16-18-8-9-19(16)2)15-10-12-6-4-5-7-14(12)20-15/h4-9,13,15,17H,3,10-11H2,1-2H3. The van der Waals surface area contributed by atoms with E-state index in [1.165, 1.54) is 10.5 Å². The predicted octanol–water partition coefficient (Wildman–Crippen LogP) is 2.66. The molecule has 0 saturated carbocycles. The molecule has 2 aromatic rings. The molecule has 1 aliphatic rings. The van der Waals surface area contributed by atoms with Crippen LogP contribution in [0, 0.1) is 0 Å². The van der Waals surface area contributed by atoms with E-state index in [9.17, 15) is 0 Å². The molecule has 1 N–H and O–H groups in total. The monoisotopic (exact) mass is 287 g/mol. The van der Waals surface area contributed by atoms with Gasteiger partial charge in [0.2, 0.25) is 0 Å². The summed E-state index contributed by atoms with van der Waals surface area (Å²) < 4.78 is 2.12. The van der Waals surface area contributed by atoms with Crippen LogP contribution in [0.15, 0.2) is 41.6 Å². The van der Waals surface area contributed by atoms with E-state index in [1.54, 1.807) is 0 Å². The summed E-state index contributed by atoms with van der Waals surface area (Å²) >= 11 is 2.01. The highest BCUT2D eigenvalue weighted by atomic mass is 32.2. The number of aryl methyl sites for hydroxylation is 1. The third-order valence-electron chi connectivity index (χ3n) is 3.91. The van der Waals surface area contributed by atoms with E-state index in [1.807, 2.05) is 24.2 Å². The zero-order valence-corrected chi connectivity index (χ0v) is 12.9. The second kappa shape index (κ2) is 6.02. The lowest BCUT2D eigenvalue weighted by Gasteiger charge is -2.23. The number of fused-ring (bicyclic) bond motifs is 1. The largest absolute Gasteiger partial charge is 0.338 e. The van der Waals surface area contributed by atoms with Crippen LogP contribution in [0.5, 0.6) is 0 Å². The molecule has 1 aromatic carbocycles. The zero-order valence-electron chi connectivity index (χ0n) is 12.0. The molecule has 0 bridgehead atoms. The fourth-order valence-electron chi connectivity index (χ4n) is 2.82. The quantitative estimate of drug-likeness (QED) is 0.917. The SMILES string of the molecule is CCNC(Cc1nccn1C)C1Cc2ccccc2S1. The minimum Gasteiger partial charge on any atom is -0.338 e. The Balaban J connectivity index is 1.74. The Labute approximate surface area is 124 Å². The molecule has 20 heavy (non-hydrogen) atoms. The van der Waals surface area contributed by atoms with Gasteiger partial charge in [0.05, 0.1) is 0 Å². The van der Waals surface area contributed by atoms with Gasteiger partial charge in [-0.05, 0) is 24.6 Å². The maximum atomic E-state index is 4.47. The highest BCUT2D eigenvalue weighted by Crippen LogP contribution is 2.38. The summed E-state index contributed by atoms with van der Waals surface area (Å²) in [5.41, 5.74) is 1.49. The number of nitrogens with zero attached hydrogens (tertiary/aromatic N) is 2. The van der Waals surface area contributed by atoms with Crippen LogP contribution < -0.4 is 5.32 Å². The first kappa shape index (κ1) is 13.7. The number of likely N-dealkylation sites (N-methyl/N-ethyl adjacent to an activating group) is 1. The van der Waals surface area contributed by atoms with Gasteiger partial charge in [0.25, 0.3) is 0 Å². The van der Waals surface area contributed by atoms with Gasteiger partial charge in [-0.3, -0.25) is 0 Å². The number of rotatable bonds is 5. The molecular weight excluding hydrogens is 266 g/mol. The molecule has 0 fully saturated rings. The van der Waals surface area contributed by atoms with Crippen LogP contribution in [0.3, 0.4) is 0 Å². The topological polar surface area (TPSA) is 29.9 Å². The molecule has 0 radical (unpaired) electrons. The minimum absolute atomic E-state index is 0.471. The van der Waals surface area contributed by atoms with E-state index in [-0.39, 0.29) is 0 Å². The van der Waals surface area contributed by atoms with Crippen molar-refractivity contribution in [3.8, 4) is 0 Å². The average molecular weight is 287 g/mol. The van der Waals surface area contributed by atoms with Crippen molar-refractivity contribution in [3.05, 3.63) is 48.0 Å². The van der Waals surface area contributed by atoms with E-state index in [0.717, 1.165) is 25.2 Å². The van der Waals surface area contributed by atoms with E-state index in [4.69, 9.17) is 0 Å². The van der Waals surface area contributed by atoms with Gasteiger partial charge in [-0.2, -0.15) is 0 Å². The van der Waals surface area contributed by atoms with Gasteiger partial charge in [0.1, 0.15) is 5.82 Å². The summed E-state index contributed by atoms with van der Waals surface area (Å²) in [6.45, 7) is 3.18. The second-order valence-corrected chi connectivity index (χ2v) is 6.57. The number of hydrogen-bond acceptors (Lipinski definition) is 3. The van der Waals surface area contributed by atoms with Gasteiger partial charge >= 0.3 is 0 Å². The van der Waals surface area contributed by atoms with Crippen LogP contribution in [0.25, 0.3) is 0 Å². The van der Waals surface area contributed by atoms with Crippen LogP contribution in [0.2, 0.25) is 0 Å². The first-order valence-electron chi connectivity index (χ1n) is 7.22. The number of hydrogen-bond donors (Lipinski definition) is 1. The molecule has 0 spiro atoms. The van der Waals surface area contributed by atoms with Crippen molar-refractivity contribution in [1.82, 2.24) is 14.9 Å².